The van der Waals surface area contributed by atoms with Crippen molar-refractivity contribution in [3.05, 3.63) is 24.3 Å². The Morgan fingerprint density at radius 3 is 3.05 bits per heavy atom. The molecule has 1 saturated carbocycles. The lowest BCUT2D eigenvalue weighted by molar-refractivity contribution is -0.122. The summed E-state index contributed by atoms with van der Waals surface area (Å²) in [6.45, 7) is 0.383. The number of thioether (sulfide) groups is 1. The van der Waals surface area contributed by atoms with E-state index in [-0.39, 0.29) is 5.91 Å². The molecule has 2 unspecified atom stereocenters. The molecule has 0 heterocycles. The van der Waals surface area contributed by atoms with E-state index in [9.17, 15) is 4.79 Å². The molecule has 0 radical (unpaired) electrons. The molecule has 0 spiro atoms. The van der Waals surface area contributed by atoms with Gasteiger partial charge in [-0.1, -0.05) is 6.07 Å². The fourth-order valence-electron chi connectivity index (χ4n) is 2.45. The highest BCUT2D eigenvalue weighted by molar-refractivity contribution is 7.99. The normalized spacial score (nSPS) is 21.6. The Balaban J connectivity index is 1.65. The van der Waals surface area contributed by atoms with E-state index in [1.807, 2.05) is 30.0 Å². The van der Waals surface area contributed by atoms with E-state index in [1.54, 1.807) is 6.07 Å². The second-order valence-electron chi connectivity index (χ2n) is 5.11. The SMILES string of the molecule is CSC1CCC(NC(=O)CCOc2cccc(N)c2)C1. The van der Waals surface area contributed by atoms with E-state index in [4.69, 9.17) is 10.5 Å². The van der Waals surface area contributed by atoms with Gasteiger partial charge in [0.2, 0.25) is 5.91 Å². The zero-order valence-corrected chi connectivity index (χ0v) is 12.6. The number of amides is 1. The molecule has 0 saturated heterocycles. The molecule has 1 amide bonds. The van der Waals surface area contributed by atoms with Gasteiger partial charge in [-0.3, -0.25) is 4.79 Å². The molecule has 2 rings (SSSR count). The fourth-order valence-corrected chi connectivity index (χ4v) is 3.25. The fraction of sp³-hybridized carbons (Fsp3) is 0.533. The van der Waals surface area contributed by atoms with Crippen LogP contribution >= 0.6 is 11.8 Å². The summed E-state index contributed by atoms with van der Waals surface area (Å²) < 4.78 is 5.52. The summed E-state index contributed by atoms with van der Waals surface area (Å²) in [6.07, 6.45) is 5.89. The average Bonchev–Trinajstić information content (AvgIpc) is 2.86. The minimum Gasteiger partial charge on any atom is -0.493 e. The van der Waals surface area contributed by atoms with Crippen LogP contribution in [0.1, 0.15) is 25.7 Å². The standard InChI is InChI=1S/C15H22N2O2S/c1-20-14-6-5-12(10-14)17-15(18)7-8-19-13-4-2-3-11(16)9-13/h2-4,9,12,14H,5-8,10,16H2,1H3,(H,17,18). The van der Waals surface area contributed by atoms with Gasteiger partial charge < -0.3 is 15.8 Å². The van der Waals surface area contributed by atoms with E-state index in [0.717, 1.165) is 12.8 Å². The van der Waals surface area contributed by atoms with Gasteiger partial charge >= 0.3 is 0 Å². The maximum atomic E-state index is 11.8. The van der Waals surface area contributed by atoms with Crippen LogP contribution in [0, 0.1) is 0 Å². The summed E-state index contributed by atoms with van der Waals surface area (Å²) >= 11 is 1.89. The molecule has 110 valence electrons. The molecule has 1 aliphatic rings. The molecule has 4 nitrogen and oxygen atoms in total. The molecule has 1 aromatic carbocycles. The second-order valence-corrected chi connectivity index (χ2v) is 6.24. The molecule has 0 aromatic heterocycles. The van der Waals surface area contributed by atoms with Crippen molar-refractivity contribution in [1.82, 2.24) is 5.32 Å². The zero-order chi connectivity index (χ0) is 14.4. The van der Waals surface area contributed by atoms with Gasteiger partial charge in [-0.15, -0.1) is 0 Å². The van der Waals surface area contributed by atoms with Crippen molar-refractivity contribution < 1.29 is 9.53 Å². The molecule has 5 heteroatoms. The van der Waals surface area contributed by atoms with Crippen molar-refractivity contribution in [2.45, 2.75) is 37.0 Å². The second kappa shape index (κ2) is 7.43. The minimum absolute atomic E-state index is 0.0701. The van der Waals surface area contributed by atoms with Crippen molar-refractivity contribution >= 4 is 23.4 Å². The number of ether oxygens (including phenoxy) is 1. The molecule has 20 heavy (non-hydrogen) atoms. The van der Waals surface area contributed by atoms with Gasteiger partial charge in [0.15, 0.2) is 0 Å². The summed E-state index contributed by atoms with van der Waals surface area (Å²) in [4.78, 5) is 11.8. The predicted molar refractivity (Wildman–Crippen MR) is 84.1 cm³/mol. The molecular formula is C15H22N2O2S. The largest absolute Gasteiger partial charge is 0.493 e. The van der Waals surface area contributed by atoms with Gasteiger partial charge in [0.25, 0.3) is 0 Å². The Morgan fingerprint density at radius 2 is 2.35 bits per heavy atom. The summed E-state index contributed by atoms with van der Waals surface area (Å²) in [7, 11) is 0. The molecule has 1 aromatic rings. The average molecular weight is 294 g/mol. The van der Waals surface area contributed by atoms with Crippen LogP contribution in [-0.4, -0.2) is 30.1 Å². The van der Waals surface area contributed by atoms with Gasteiger partial charge in [-0.25, -0.2) is 0 Å². The first kappa shape index (κ1) is 15.0. The van der Waals surface area contributed by atoms with Crippen LogP contribution in [0.4, 0.5) is 5.69 Å². The Morgan fingerprint density at radius 1 is 1.50 bits per heavy atom. The van der Waals surface area contributed by atoms with Crippen molar-refractivity contribution in [3.63, 3.8) is 0 Å². The number of anilines is 1. The smallest absolute Gasteiger partial charge is 0.223 e. The highest BCUT2D eigenvalue weighted by atomic mass is 32.2. The number of carbonyl (C=O) groups excluding carboxylic acids is 1. The number of nitrogens with two attached hydrogens (primary N) is 1. The van der Waals surface area contributed by atoms with Crippen LogP contribution in [0.25, 0.3) is 0 Å². The number of carbonyl (C=O) groups is 1. The number of benzene rings is 1. The number of nitrogens with one attached hydrogen (secondary N) is 1. The Kier molecular flexibility index (Phi) is 5.59. The van der Waals surface area contributed by atoms with Crippen LogP contribution < -0.4 is 15.8 Å². The molecule has 1 fully saturated rings. The third-order valence-electron chi connectivity index (χ3n) is 3.54. The number of hydrogen-bond acceptors (Lipinski definition) is 4. The minimum atomic E-state index is 0.0701. The predicted octanol–water partition coefficient (Wildman–Crippen LogP) is 2.44. The molecule has 1 aliphatic carbocycles. The van der Waals surface area contributed by atoms with E-state index in [1.165, 1.54) is 6.42 Å². The lowest BCUT2D eigenvalue weighted by atomic mass is 10.2. The first-order chi connectivity index (χ1) is 9.67. The van der Waals surface area contributed by atoms with Gasteiger partial charge in [-0.2, -0.15) is 11.8 Å². The van der Waals surface area contributed by atoms with Crippen molar-refractivity contribution in [2.75, 3.05) is 18.6 Å². The third-order valence-corrected chi connectivity index (χ3v) is 4.63. The van der Waals surface area contributed by atoms with Crippen molar-refractivity contribution in [1.29, 1.82) is 0 Å². The Labute approximate surface area is 124 Å². The maximum absolute atomic E-state index is 11.8. The topological polar surface area (TPSA) is 64.3 Å². The van der Waals surface area contributed by atoms with Crippen LogP contribution in [-0.2, 0) is 4.79 Å². The third kappa shape index (κ3) is 4.63. The highest BCUT2D eigenvalue weighted by Crippen LogP contribution is 2.28. The van der Waals surface area contributed by atoms with E-state index in [2.05, 4.69) is 11.6 Å². The van der Waals surface area contributed by atoms with Gasteiger partial charge in [0.1, 0.15) is 5.75 Å². The first-order valence-electron chi connectivity index (χ1n) is 6.98. The summed E-state index contributed by atoms with van der Waals surface area (Å²) in [5, 5.41) is 3.78. The lowest BCUT2D eigenvalue weighted by Crippen LogP contribution is -2.33. The van der Waals surface area contributed by atoms with Crippen LogP contribution in [0.5, 0.6) is 5.75 Å². The van der Waals surface area contributed by atoms with E-state index in [0.29, 0.717) is 35.8 Å². The first-order valence-corrected chi connectivity index (χ1v) is 8.26. The lowest BCUT2D eigenvalue weighted by Gasteiger charge is -2.13. The summed E-state index contributed by atoms with van der Waals surface area (Å²) in [5.74, 6) is 0.779. The summed E-state index contributed by atoms with van der Waals surface area (Å²) in [5.41, 5.74) is 6.33. The number of nitrogen functional groups attached to an aromatic ring is 1. The zero-order valence-electron chi connectivity index (χ0n) is 11.8. The quantitative estimate of drug-likeness (QED) is 0.791. The molecular weight excluding hydrogens is 272 g/mol. The molecule has 0 aliphatic heterocycles. The van der Waals surface area contributed by atoms with Gasteiger partial charge in [0, 0.05) is 23.0 Å². The Hall–Kier alpha value is -1.36. The number of rotatable bonds is 6. The van der Waals surface area contributed by atoms with Crippen molar-refractivity contribution in [2.24, 2.45) is 0 Å². The Bertz CT molecular complexity index is 453. The van der Waals surface area contributed by atoms with Crippen LogP contribution in [0.3, 0.4) is 0 Å². The van der Waals surface area contributed by atoms with Crippen LogP contribution in [0.2, 0.25) is 0 Å². The van der Waals surface area contributed by atoms with E-state index >= 15 is 0 Å². The highest BCUT2D eigenvalue weighted by Gasteiger charge is 2.24. The molecule has 2 atom stereocenters. The van der Waals surface area contributed by atoms with Crippen molar-refractivity contribution in [3.8, 4) is 5.75 Å². The molecule has 0 bridgehead atoms. The van der Waals surface area contributed by atoms with Gasteiger partial charge in [-0.05, 0) is 37.7 Å². The van der Waals surface area contributed by atoms with Crippen LogP contribution in [0.15, 0.2) is 24.3 Å². The van der Waals surface area contributed by atoms with E-state index < -0.39 is 0 Å². The maximum Gasteiger partial charge on any atom is 0.223 e. The summed E-state index contributed by atoms with van der Waals surface area (Å²) in [6, 6.07) is 7.59. The number of hydrogen-bond donors (Lipinski definition) is 2. The molecule has 3 N–H and O–H groups in total. The monoisotopic (exact) mass is 294 g/mol. The van der Waals surface area contributed by atoms with Gasteiger partial charge in [0.05, 0.1) is 13.0 Å².